The largest absolute Gasteiger partial charge is 0.498 e. The van der Waals surface area contributed by atoms with Gasteiger partial charge in [-0.15, -0.1) is 0 Å². The molecule has 0 bridgehead atoms. The summed E-state index contributed by atoms with van der Waals surface area (Å²) in [6.07, 6.45) is 11.8. The Labute approximate surface area is 192 Å². The first kappa shape index (κ1) is 20.9. The average molecular weight is 433 g/mol. The smallest absolute Gasteiger partial charge is 0.399 e. The molecule has 0 unspecified atom stereocenters. The topological polar surface area (TPSA) is 39.5 Å². The normalized spacial score (nSPS) is 31.8. The fourth-order valence-electron chi connectivity index (χ4n) is 5.84. The molecule has 0 amide bonds. The predicted octanol–water partition coefficient (Wildman–Crippen LogP) is 4.60. The molecule has 6 heteroatoms. The molecule has 4 fully saturated rings. The Morgan fingerprint density at radius 3 is 2.31 bits per heavy atom. The Morgan fingerprint density at radius 2 is 1.62 bits per heavy atom. The van der Waals surface area contributed by atoms with Crippen LogP contribution in [-0.2, 0) is 9.31 Å². The van der Waals surface area contributed by atoms with E-state index in [0.29, 0.717) is 18.1 Å². The maximum absolute atomic E-state index is 6.21. The highest BCUT2D eigenvalue weighted by Crippen LogP contribution is 2.48. The SMILES string of the molecule is CC1(C)OB(c2cnn(C3CC(N4CCC[C@H]4c4ccccc4C4CC4)C3)c2)OC1(C)C. The minimum absolute atomic E-state index is 0.317. The van der Waals surface area contributed by atoms with Crippen molar-refractivity contribution in [3.8, 4) is 0 Å². The van der Waals surface area contributed by atoms with Crippen LogP contribution in [-0.4, -0.2) is 45.6 Å². The molecule has 1 aromatic heterocycles. The van der Waals surface area contributed by atoms with Crippen molar-refractivity contribution < 1.29 is 9.31 Å². The molecule has 5 nitrogen and oxygen atoms in total. The van der Waals surface area contributed by atoms with Crippen molar-refractivity contribution in [3.05, 3.63) is 47.8 Å². The van der Waals surface area contributed by atoms with Gasteiger partial charge in [-0.25, -0.2) is 0 Å². The fraction of sp³-hybridized carbons (Fsp3) is 0.654. The van der Waals surface area contributed by atoms with Gasteiger partial charge < -0.3 is 9.31 Å². The molecule has 32 heavy (non-hydrogen) atoms. The zero-order valence-electron chi connectivity index (χ0n) is 20.0. The van der Waals surface area contributed by atoms with E-state index in [1.54, 1.807) is 11.1 Å². The van der Waals surface area contributed by atoms with Crippen molar-refractivity contribution in [2.75, 3.05) is 6.54 Å². The first-order chi connectivity index (χ1) is 15.3. The molecular weight excluding hydrogens is 397 g/mol. The van der Waals surface area contributed by atoms with Crippen LogP contribution < -0.4 is 5.46 Å². The van der Waals surface area contributed by atoms with E-state index in [-0.39, 0.29) is 18.3 Å². The lowest BCUT2D eigenvalue weighted by atomic mass is 9.81. The van der Waals surface area contributed by atoms with Crippen LogP contribution in [0.3, 0.4) is 0 Å². The summed E-state index contributed by atoms with van der Waals surface area (Å²) in [5.41, 5.74) is 3.63. The number of likely N-dealkylation sites (tertiary alicyclic amines) is 1. The van der Waals surface area contributed by atoms with E-state index < -0.39 is 0 Å². The van der Waals surface area contributed by atoms with Gasteiger partial charge in [-0.1, -0.05) is 24.3 Å². The molecule has 6 rings (SSSR count). The van der Waals surface area contributed by atoms with Crippen LogP contribution in [0, 0.1) is 0 Å². The highest BCUT2D eigenvalue weighted by molar-refractivity contribution is 6.62. The van der Waals surface area contributed by atoms with Crippen molar-refractivity contribution >= 4 is 12.6 Å². The molecular formula is C26H36BN3O2. The lowest BCUT2D eigenvalue weighted by Gasteiger charge is -2.44. The highest BCUT2D eigenvalue weighted by Gasteiger charge is 2.52. The zero-order chi connectivity index (χ0) is 22.1. The average Bonchev–Trinajstić information content (AvgIpc) is 3.16. The van der Waals surface area contributed by atoms with Gasteiger partial charge in [-0.2, -0.15) is 5.10 Å². The van der Waals surface area contributed by atoms with Gasteiger partial charge in [0.1, 0.15) is 0 Å². The van der Waals surface area contributed by atoms with Gasteiger partial charge in [0.25, 0.3) is 0 Å². The molecule has 4 aliphatic rings. The lowest BCUT2D eigenvalue weighted by Crippen LogP contribution is -2.45. The van der Waals surface area contributed by atoms with E-state index in [2.05, 4.69) is 67.7 Å². The van der Waals surface area contributed by atoms with E-state index in [1.165, 1.54) is 45.1 Å². The Morgan fingerprint density at radius 1 is 0.938 bits per heavy atom. The summed E-state index contributed by atoms with van der Waals surface area (Å²) >= 11 is 0. The van der Waals surface area contributed by atoms with E-state index in [1.807, 2.05) is 6.20 Å². The van der Waals surface area contributed by atoms with E-state index in [4.69, 9.17) is 14.4 Å². The van der Waals surface area contributed by atoms with Crippen molar-refractivity contribution in [1.82, 2.24) is 14.7 Å². The third-order valence-corrected chi connectivity index (χ3v) is 8.74. The molecule has 2 saturated carbocycles. The summed E-state index contributed by atoms with van der Waals surface area (Å²) in [6.45, 7) is 9.63. The van der Waals surface area contributed by atoms with Crippen LogP contribution in [0.5, 0.6) is 0 Å². The number of hydrogen-bond donors (Lipinski definition) is 0. The molecule has 0 radical (unpaired) electrons. The molecule has 2 aliphatic carbocycles. The Hall–Kier alpha value is -1.63. The van der Waals surface area contributed by atoms with Crippen LogP contribution in [0.4, 0.5) is 0 Å². The first-order valence-corrected chi connectivity index (χ1v) is 12.6. The second-order valence-electron chi connectivity index (χ2n) is 11.4. The number of aromatic nitrogens is 2. The van der Waals surface area contributed by atoms with Gasteiger partial charge in [0.05, 0.1) is 17.2 Å². The molecule has 1 aromatic carbocycles. The summed E-state index contributed by atoms with van der Waals surface area (Å²) < 4.78 is 14.6. The van der Waals surface area contributed by atoms with Crippen molar-refractivity contribution in [2.45, 2.75) is 101 Å². The minimum atomic E-state index is -0.327. The predicted molar refractivity (Wildman–Crippen MR) is 127 cm³/mol. The number of rotatable bonds is 5. The van der Waals surface area contributed by atoms with E-state index >= 15 is 0 Å². The van der Waals surface area contributed by atoms with Crippen molar-refractivity contribution in [1.29, 1.82) is 0 Å². The lowest BCUT2D eigenvalue weighted by molar-refractivity contribution is 0.00578. The first-order valence-electron chi connectivity index (χ1n) is 12.6. The molecule has 3 heterocycles. The van der Waals surface area contributed by atoms with E-state index in [9.17, 15) is 0 Å². The van der Waals surface area contributed by atoms with Crippen molar-refractivity contribution in [3.63, 3.8) is 0 Å². The second kappa shape index (κ2) is 7.44. The zero-order valence-corrected chi connectivity index (χ0v) is 20.0. The van der Waals surface area contributed by atoms with Crippen LogP contribution in [0.1, 0.15) is 95.3 Å². The van der Waals surface area contributed by atoms with Crippen LogP contribution in [0.25, 0.3) is 0 Å². The molecule has 0 spiro atoms. The Balaban J connectivity index is 1.12. The second-order valence-corrected chi connectivity index (χ2v) is 11.4. The molecule has 1 atom stereocenters. The summed E-state index contributed by atoms with van der Waals surface area (Å²) in [7, 11) is -0.327. The molecule has 2 aromatic rings. The van der Waals surface area contributed by atoms with E-state index in [0.717, 1.165) is 11.4 Å². The van der Waals surface area contributed by atoms with Gasteiger partial charge in [-0.3, -0.25) is 9.58 Å². The maximum atomic E-state index is 6.21. The summed E-state index contributed by atoms with van der Waals surface area (Å²) in [6, 6.07) is 11.0. The van der Waals surface area contributed by atoms with Gasteiger partial charge in [0.15, 0.2) is 0 Å². The maximum Gasteiger partial charge on any atom is 0.498 e. The molecule has 170 valence electrons. The quantitative estimate of drug-likeness (QED) is 0.647. The van der Waals surface area contributed by atoms with Crippen molar-refractivity contribution in [2.24, 2.45) is 0 Å². The van der Waals surface area contributed by atoms with Gasteiger partial charge in [0.2, 0.25) is 0 Å². The number of benzene rings is 1. The number of nitrogens with zero attached hydrogens (tertiary/aromatic N) is 3. The standard InChI is InChI=1S/C26H36BN3O2/c1-25(2)26(3,4)32-27(31-25)19-16-28-30(17-19)21-14-20(15-21)29-13-7-10-24(29)23-9-6-5-8-22(23)18-11-12-18/h5-6,8-9,16-18,20-21,24H,7,10-15H2,1-4H3/t20?,21?,24-/m0/s1. The third-order valence-electron chi connectivity index (χ3n) is 8.74. The van der Waals surface area contributed by atoms with Crippen LogP contribution >= 0.6 is 0 Å². The van der Waals surface area contributed by atoms with Gasteiger partial charge in [-0.05, 0) is 89.8 Å². The van der Waals surface area contributed by atoms with Crippen LogP contribution in [0.15, 0.2) is 36.7 Å². The highest BCUT2D eigenvalue weighted by atomic mass is 16.7. The summed E-state index contributed by atoms with van der Waals surface area (Å²) in [4.78, 5) is 2.80. The molecule has 2 saturated heterocycles. The summed E-state index contributed by atoms with van der Waals surface area (Å²) in [5, 5.41) is 4.70. The van der Waals surface area contributed by atoms with Crippen LogP contribution in [0.2, 0.25) is 0 Å². The Bertz CT molecular complexity index is 976. The monoisotopic (exact) mass is 433 g/mol. The van der Waals surface area contributed by atoms with Gasteiger partial charge >= 0.3 is 7.12 Å². The molecule has 0 N–H and O–H groups in total. The summed E-state index contributed by atoms with van der Waals surface area (Å²) in [5.74, 6) is 0.820. The fourth-order valence-corrected chi connectivity index (χ4v) is 5.84. The Kier molecular flexibility index (Phi) is 4.87. The number of hydrogen-bond acceptors (Lipinski definition) is 4. The minimum Gasteiger partial charge on any atom is -0.399 e. The van der Waals surface area contributed by atoms with Gasteiger partial charge in [0, 0.05) is 29.9 Å². The molecule has 2 aliphatic heterocycles. The third kappa shape index (κ3) is 3.46.